The van der Waals surface area contributed by atoms with E-state index in [-0.39, 0.29) is 24.5 Å². The number of hydrogen-bond donors (Lipinski definition) is 1. The maximum absolute atomic E-state index is 12.2. The van der Waals surface area contributed by atoms with E-state index in [0.717, 1.165) is 30.0 Å². The zero-order valence-electron chi connectivity index (χ0n) is 13.4. The van der Waals surface area contributed by atoms with Crippen LogP contribution in [0.1, 0.15) is 19.3 Å². The molecule has 0 aliphatic heterocycles. The summed E-state index contributed by atoms with van der Waals surface area (Å²) in [5.41, 5.74) is 0. The standard InChI is InChI=1S/C19H23NO3/c1-20(12-16-7-4-8-18(16)21)19(22)13-23-17-10-9-14-5-2-3-6-15(14)11-17/h2-3,5-6,9-11,16,18,21H,4,7-8,12-13H2,1H3. The monoisotopic (exact) mass is 313 g/mol. The Morgan fingerprint density at radius 2 is 2.00 bits per heavy atom. The predicted octanol–water partition coefficient (Wildman–Crippen LogP) is 2.84. The highest BCUT2D eigenvalue weighted by molar-refractivity contribution is 5.84. The number of carbonyl (C=O) groups excluding carboxylic acids is 1. The quantitative estimate of drug-likeness (QED) is 0.923. The molecule has 1 N–H and O–H groups in total. The lowest BCUT2D eigenvalue weighted by atomic mass is 10.1. The van der Waals surface area contributed by atoms with Crippen molar-refractivity contribution < 1.29 is 14.6 Å². The van der Waals surface area contributed by atoms with Crippen LogP contribution in [0, 0.1) is 5.92 Å². The summed E-state index contributed by atoms with van der Waals surface area (Å²) in [6, 6.07) is 13.9. The number of fused-ring (bicyclic) bond motifs is 1. The van der Waals surface area contributed by atoms with Crippen LogP contribution >= 0.6 is 0 Å². The molecule has 3 rings (SSSR count). The van der Waals surface area contributed by atoms with E-state index < -0.39 is 0 Å². The lowest BCUT2D eigenvalue weighted by Crippen LogP contribution is -2.37. The molecular weight excluding hydrogens is 290 g/mol. The first-order valence-corrected chi connectivity index (χ1v) is 8.17. The molecule has 1 saturated carbocycles. The van der Waals surface area contributed by atoms with Crippen molar-refractivity contribution >= 4 is 16.7 Å². The number of rotatable bonds is 5. The van der Waals surface area contributed by atoms with Crippen molar-refractivity contribution in [1.82, 2.24) is 4.90 Å². The van der Waals surface area contributed by atoms with Crippen molar-refractivity contribution in [3.8, 4) is 5.75 Å². The minimum Gasteiger partial charge on any atom is -0.484 e. The van der Waals surface area contributed by atoms with Crippen LogP contribution in [0.2, 0.25) is 0 Å². The molecule has 122 valence electrons. The highest BCUT2D eigenvalue weighted by atomic mass is 16.5. The highest BCUT2D eigenvalue weighted by Crippen LogP contribution is 2.26. The fourth-order valence-electron chi connectivity index (χ4n) is 3.20. The number of nitrogens with zero attached hydrogens (tertiary/aromatic N) is 1. The van der Waals surface area contributed by atoms with Crippen LogP contribution < -0.4 is 4.74 Å². The van der Waals surface area contributed by atoms with Gasteiger partial charge in [-0.3, -0.25) is 4.79 Å². The lowest BCUT2D eigenvalue weighted by molar-refractivity contribution is -0.132. The van der Waals surface area contributed by atoms with E-state index in [1.807, 2.05) is 42.5 Å². The van der Waals surface area contributed by atoms with Gasteiger partial charge in [-0.1, -0.05) is 36.8 Å². The van der Waals surface area contributed by atoms with Crippen molar-refractivity contribution in [3.63, 3.8) is 0 Å². The second-order valence-electron chi connectivity index (χ2n) is 6.33. The smallest absolute Gasteiger partial charge is 0.260 e. The third-order valence-electron chi connectivity index (χ3n) is 4.64. The number of amides is 1. The third kappa shape index (κ3) is 3.82. The summed E-state index contributed by atoms with van der Waals surface area (Å²) in [6.07, 6.45) is 2.61. The molecule has 0 radical (unpaired) electrons. The van der Waals surface area contributed by atoms with Gasteiger partial charge in [0.05, 0.1) is 6.10 Å². The Hall–Kier alpha value is -2.07. The molecule has 23 heavy (non-hydrogen) atoms. The van der Waals surface area contributed by atoms with E-state index in [4.69, 9.17) is 4.74 Å². The van der Waals surface area contributed by atoms with Gasteiger partial charge in [-0.05, 0) is 35.7 Å². The minimum atomic E-state index is -0.272. The Bertz CT molecular complexity index is 685. The van der Waals surface area contributed by atoms with Crippen LogP contribution in [0.25, 0.3) is 10.8 Å². The molecule has 0 saturated heterocycles. The summed E-state index contributed by atoms with van der Waals surface area (Å²) in [6.45, 7) is 0.624. The van der Waals surface area contributed by atoms with Crippen LogP contribution in [0.15, 0.2) is 42.5 Å². The van der Waals surface area contributed by atoms with Crippen LogP contribution in [0.3, 0.4) is 0 Å². The van der Waals surface area contributed by atoms with E-state index >= 15 is 0 Å². The Labute approximate surface area is 136 Å². The zero-order valence-corrected chi connectivity index (χ0v) is 13.4. The van der Waals surface area contributed by atoms with Crippen LogP contribution in [0.5, 0.6) is 5.75 Å². The van der Waals surface area contributed by atoms with E-state index in [9.17, 15) is 9.90 Å². The van der Waals surface area contributed by atoms with Gasteiger partial charge in [-0.2, -0.15) is 0 Å². The van der Waals surface area contributed by atoms with E-state index in [1.165, 1.54) is 0 Å². The maximum atomic E-state index is 12.2. The zero-order chi connectivity index (χ0) is 16.2. The normalized spacial score (nSPS) is 20.6. The van der Waals surface area contributed by atoms with Crippen molar-refractivity contribution in [2.75, 3.05) is 20.2 Å². The molecular formula is C19H23NO3. The first-order chi connectivity index (χ1) is 11.1. The Balaban J connectivity index is 1.54. The molecule has 4 heteroatoms. The van der Waals surface area contributed by atoms with Crippen molar-refractivity contribution in [2.45, 2.75) is 25.4 Å². The van der Waals surface area contributed by atoms with Gasteiger partial charge >= 0.3 is 0 Å². The summed E-state index contributed by atoms with van der Waals surface area (Å²) in [7, 11) is 1.77. The van der Waals surface area contributed by atoms with Crippen molar-refractivity contribution in [3.05, 3.63) is 42.5 Å². The minimum absolute atomic E-state index is 0.0255. The fourth-order valence-corrected chi connectivity index (χ4v) is 3.20. The topological polar surface area (TPSA) is 49.8 Å². The molecule has 1 fully saturated rings. The molecule has 4 nitrogen and oxygen atoms in total. The number of aliphatic hydroxyl groups is 1. The SMILES string of the molecule is CN(CC1CCCC1O)C(=O)COc1ccc2ccccc2c1. The average molecular weight is 313 g/mol. The summed E-state index contributed by atoms with van der Waals surface area (Å²) in [4.78, 5) is 13.9. The molecule has 2 aromatic rings. The summed E-state index contributed by atoms with van der Waals surface area (Å²) >= 11 is 0. The van der Waals surface area contributed by atoms with Gasteiger partial charge in [-0.25, -0.2) is 0 Å². The number of carbonyl (C=O) groups is 1. The molecule has 1 aliphatic carbocycles. The van der Waals surface area contributed by atoms with E-state index in [1.54, 1.807) is 11.9 Å². The lowest BCUT2D eigenvalue weighted by Gasteiger charge is -2.23. The van der Waals surface area contributed by atoms with Crippen molar-refractivity contribution in [1.29, 1.82) is 0 Å². The van der Waals surface area contributed by atoms with Crippen molar-refractivity contribution in [2.24, 2.45) is 5.92 Å². The molecule has 0 spiro atoms. The van der Waals surface area contributed by atoms with Crippen LogP contribution in [-0.2, 0) is 4.79 Å². The average Bonchev–Trinajstić information content (AvgIpc) is 2.97. The van der Waals surface area contributed by atoms with E-state index in [2.05, 4.69) is 0 Å². The Kier molecular flexibility index (Phi) is 4.82. The van der Waals surface area contributed by atoms with Gasteiger partial charge in [0.2, 0.25) is 0 Å². The van der Waals surface area contributed by atoms with Crippen LogP contribution in [0.4, 0.5) is 0 Å². The van der Waals surface area contributed by atoms with Gasteiger partial charge < -0.3 is 14.7 Å². The summed E-state index contributed by atoms with van der Waals surface area (Å²) in [5.74, 6) is 0.841. The molecule has 2 aromatic carbocycles. The maximum Gasteiger partial charge on any atom is 0.260 e. The first-order valence-electron chi connectivity index (χ1n) is 8.17. The Morgan fingerprint density at radius 3 is 2.74 bits per heavy atom. The number of ether oxygens (including phenoxy) is 1. The van der Waals surface area contributed by atoms with Gasteiger partial charge in [0.1, 0.15) is 5.75 Å². The molecule has 0 heterocycles. The number of hydrogen-bond acceptors (Lipinski definition) is 3. The molecule has 1 amide bonds. The first kappa shape index (κ1) is 15.8. The predicted molar refractivity (Wildman–Crippen MR) is 90.4 cm³/mol. The molecule has 2 atom stereocenters. The number of benzene rings is 2. The number of likely N-dealkylation sites (N-methyl/N-ethyl adjacent to an activating group) is 1. The second kappa shape index (κ2) is 7.01. The highest BCUT2D eigenvalue weighted by Gasteiger charge is 2.27. The van der Waals surface area contributed by atoms with E-state index in [0.29, 0.717) is 12.3 Å². The van der Waals surface area contributed by atoms with Gasteiger partial charge in [0.15, 0.2) is 6.61 Å². The Morgan fingerprint density at radius 1 is 1.22 bits per heavy atom. The molecule has 0 bridgehead atoms. The molecule has 0 aromatic heterocycles. The molecule has 1 aliphatic rings. The van der Waals surface area contributed by atoms with Gasteiger partial charge in [0.25, 0.3) is 5.91 Å². The fraction of sp³-hybridized carbons (Fsp3) is 0.421. The summed E-state index contributed by atoms with van der Waals surface area (Å²) < 4.78 is 5.63. The third-order valence-corrected chi connectivity index (χ3v) is 4.64. The molecule has 2 unspecified atom stereocenters. The van der Waals surface area contributed by atoms with Gasteiger partial charge in [0, 0.05) is 19.5 Å². The largest absolute Gasteiger partial charge is 0.484 e. The summed E-state index contributed by atoms with van der Waals surface area (Å²) in [5, 5.41) is 12.1. The van der Waals surface area contributed by atoms with Gasteiger partial charge in [-0.15, -0.1) is 0 Å². The second-order valence-corrected chi connectivity index (χ2v) is 6.33. The number of aliphatic hydroxyl groups excluding tert-OH is 1. The van der Waals surface area contributed by atoms with Crippen LogP contribution in [-0.4, -0.2) is 42.2 Å².